The quantitative estimate of drug-likeness (QED) is 0.659. The predicted octanol–water partition coefficient (Wildman–Crippen LogP) is -0.0160. The highest BCUT2D eigenvalue weighted by molar-refractivity contribution is 5.90. The molecule has 18 heavy (non-hydrogen) atoms. The minimum Gasteiger partial charge on any atom is -0.481 e. The third kappa shape index (κ3) is 3.21. The highest BCUT2D eigenvalue weighted by Gasteiger charge is 2.41. The molecule has 1 saturated carbocycles. The van der Waals surface area contributed by atoms with Crippen molar-refractivity contribution in [2.45, 2.75) is 32.7 Å². The van der Waals surface area contributed by atoms with Gasteiger partial charge in [-0.2, -0.15) is 0 Å². The highest BCUT2D eigenvalue weighted by Crippen LogP contribution is 2.36. The average Bonchev–Trinajstić information content (AvgIpc) is 2.70. The number of rotatable bonds is 4. The molecule has 6 nitrogen and oxygen atoms in total. The van der Waals surface area contributed by atoms with Gasteiger partial charge in [-0.15, -0.1) is 0 Å². The Labute approximate surface area is 106 Å². The largest absolute Gasteiger partial charge is 0.481 e. The Bertz CT molecular complexity index is 356. The minimum absolute atomic E-state index is 0.220. The van der Waals surface area contributed by atoms with E-state index in [0.29, 0.717) is 12.8 Å². The Hall–Kier alpha value is -1.59. The molecule has 4 atom stereocenters. The van der Waals surface area contributed by atoms with Gasteiger partial charge in [-0.05, 0) is 25.7 Å². The number of carbonyl (C=O) groups excluding carboxylic acids is 2. The number of hydrogen-bond donors (Lipinski definition) is 3. The first-order chi connectivity index (χ1) is 8.36. The van der Waals surface area contributed by atoms with Crippen molar-refractivity contribution in [1.82, 2.24) is 10.6 Å². The maximum atomic E-state index is 12.0. The van der Waals surface area contributed by atoms with Crippen LogP contribution in [-0.4, -0.2) is 36.0 Å². The van der Waals surface area contributed by atoms with Crippen molar-refractivity contribution in [2.24, 2.45) is 17.8 Å². The van der Waals surface area contributed by atoms with Gasteiger partial charge in [0.1, 0.15) is 6.04 Å². The number of carboxylic acid groups (broad SMARTS) is 1. The summed E-state index contributed by atoms with van der Waals surface area (Å²) in [7, 11) is 1.49. The van der Waals surface area contributed by atoms with E-state index in [9.17, 15) is 14.4 Å². The number of nitrogens with one attached hydrogen (secondary N) is 2. The van der Waals surface area contributed by atoms with E-state index in [2.05, 4.69) is 10.6 Å². The summed E-state index contributed by atoms with van der Waals surface area (Å²) in [5, 5.41) is 14.1. The maximum absolute atomic E-state index is 12.0. The van der Waals surface area contributed by atoms with Crippen LogP contribution in [0.2, 0.25) is 0 Å². The van der Waals surface area contributed by atoms with Gasteiger partial charge >= 0.3 is 5.97 Å². The summed E-state index contributed by atoms with van der Waals surface area (Å²) in [6.45, 7) is 3.51. The zero-order valence-corrected chi connectivity index (χ0v) is 10.9. The Morgan fingerprint density at radius 2 is 1.78 bits per heavy atom. The maximum Gasteiger partial charge on any atom is 0.307 e. The Morgan fingerprint density at radius 3 is 2.28 bits per heavy atom. The van der Waals surface area contributed by atoms with Crippen molar-refractivity contribution >= 4 is 17.8 Å². The first-order valence-corrected chi connectivity index (χ1v) is 6.11. The van der Waals surface area contributed by atoms with E-state index in [-0.39, 0.29) is 17.7 Å². The van der Waals surface area contributed by atoms with Crippen molar-refractivity contribution < 1.29 is 19.5 Å². The van der Waals surface area contributed by atoms with Gasteiger partial charge in [-0.25, -0.2) is 0 Å². The molecule has 1 aliphatic carbocycles. The number of likely N-dealkylation sites (N-methyl/N-ethyl adjacent to an activating group) is 1. The normalized spacial score (nSPS) is 28.5. The van der Waals surface area contributed by atoms with Gasteiger partial charge in [0.05, 0.1) is 11.8 Å². The fourth-order valence-electron chi connectivity index (χ4n) is 2.46. The van der Waals surface area contributed by atoms with Gasteiger partial charge in [-0.1, -0.05) is 6.92 Å². The first-order valence-electron chi connectivity index (χ1n) is 6.11. The third-order valence-electron chi connectivity index (χ3n) is 3.45. The number of aliphatic carboxylic acids is 1. The molecule has 0 aliphatic heterocycles. The Morgan fingerprint density at radius 1 is 1.22 bits per heavy atom. The van der Waals surface area contributed by atoms with Crippen LogP contribution in [0.25, 0.3) is 0 Å². The van der Waals surface area contributed by atoms with E-state index < -0.39 is 23.8 Å². The molecule has 0 saturated heterocycles. The number of hydrogen-bond acceptors (Lipinski definition) is 3. The van der Waals surface area contributed by atoms with Crippen molar-refractivity contribution in [3.05, 3.63) is 0 Å². The summed E-state index contributed by atoms with van der Waals surface area (Å²) >= 11 is 0. The van der Waals surface area contributed by atoms with E-state index in [1.54, 1.807) is 6.92 Å². The Kier molecular flexibility index (Phi) is 4.69. The zero-order valence-electron chi connectivity index (χ0n) is 10.9. The van der Waals surface area contributed by atoms with Gasteiger partial charge in [0.25, 0.3) is 0 Å². The standard InChI is InChI=1S/C12H20N2O4/c1-6-4-8(9(5-6)12(17)18)11(16)14-7(2)10(15)13-3/h6-9H,4-5H2,1-3H3,(H,13,15)(H,14,16)(H,17,18). The fourth-order valence-corrected chi connectivity index (χ4v) is 2.46. The molecule has 4 unspecified atom stereocenters. The van der Waals surface area contributed by atoms with Crippen LogP contribution in [0.5, 0.6) is 0 Å². The topological polar surface area (TPSA) is 95.5 Å². The van der Waals surface area contributed by atoms with E-state index in [1.165, 1.54) is 7.05 Å². The summed E-state index contributed by atoms with van der Waals surface area (Å²) in [6, 6.07) is -0.646. The number of amides is 2. The molecule has 1 aliphatic rings. The molecule has 1 fully saturated rings. The number of carboxylic acids is 1. The summed E-state index contributed by atoms with van der Waals surface area (Å²) < 4.78 is 0. The van der Waals surface area contributed by atoms with E-state index in [0.717, 1.165) is 0 Å². The molecule has 2 amide bonds. The summed E-state index contributed by atoms with van der Waals surface area (Å²) in [5.41, 5.74) is 0. The van der Waals surface area contributed by atoms with Crippen LogP contribution < -0.4 is 10.6 Å². The second-order valence-electron chi connectivity index (χ2n) is 4.97. The summed E-state index contributed by atoms with van der Waals surface area (Å²) in [6.07, 6.45) is 1.07. The molecule has 3 N–H and O–H groups in total. The van der Waals surface area contributed by atoms with Crippen LogP contribution in [0.15, 0.2) is 0 Å². The molecule has 0 heterocycles. The van der Waals surface area contributed by atoms with Gasteiger partial charge in [0, 0.05) is 7.05 Å². The van der Waals surface area contributed by atoms with Gasteiger partial charge < -0.3 is 15.7 Å². The lowest BCUT2D eigenvalue weighted by Gasteiger charge is -2.18. The molecule has 1 rings (SSSR count). The molecule has 0 aromatic carbocycles. The molecule has 6 heteroatoms. The van der Waals surface area contributed by atoms with E-state index in [4.69, 9.17) is 5.11 Å². The molecule has 0 radical (unpaired) electrons. The first kappa shape index (κ1) is 14.5. The smallest absolute Gasteiger partial charge is 0.307 e. The van der Waals surface area contributed by atoms with Crippen LogP contribution in [0.1, 0.15) is 26.7 Å². The minimum atomic E-state index is -0.938. The molecular formula is C12H20N2O4. The fraction of sp³-hybridized carbons (Fsp3) is 0.750. The Balaban J connectivity index is 2.65. The van der Waals surface area contributed by atoms with Gasteiger partial charge in [0.15, 0.2) is 0 Å². The SMILES string of the molecule is CNC(=O)C(C)NC(=O)C1CC(C)CC1C(=O)O. The molecule has 0 aromatic rings. The van der Waals surface area contributed by atoms with Gasteiger partial charge in [-0.3, -0.25) is 14.4 Å². The van der Waals surface area contributed by atoms with Crippen LogP contribution in [0.4, 0.5) is 0 Å². The van der Waals surface area contributed by atoms with Crippen LogP contribution in [0.3, 0.4) is 0 Å². The molecule has 0 bridgehead atoms. The summed E-state index contributed by atoms with van der Waals surface area (Å²) in [5.74, 6) is -2.53. The molecule has 0 aromatic heterocycles. The lowest BCUT2D eigenvalue weighted by Crippen LogP contribution is -2.46. The van der Waals surface area contributed by atoms with Gasteiger partial charge in [0.2, 0.25) is 11.8 Å². The van der Waals surface area contributed by atoms with Crippen molar-refractivity contribution in [3.8, 4) is 0 Å². The monoisotopic (exact) mass is 256 g/mol. The molecule has 102 valence electrons. The van der Waals surface area contributed by atoms with E-state index in [1.807, 2.05) is 6.92 Å². The van der Waals surface area contributed by atoms with Crippen LogP contribution >= 0.6 is 0 Å². The van der Waals surface area contributed by atoms with Crippen LogP contribution in [0, 0.1) is 17.8 Å². The average molecular weight is 256 g/mol. The number of carbonyl (C=O) groups is 3. The predicted molar refractivity (Wildman–Crippen MR) is 64.7 cm³/mol. The lowest BCUT2D eigenvalue weighted by atomic mass is 9.95. The highest BCUT2D eigenvalue weighted by atomic mass is 16.4. The zero-order chi connectivity index (χ0) is 13.9. The van der Waals surface area contributed by atoms with Crippen molar-refractivity contribution in [2.75, 3.05) is 7.05 Å². The second kappa shape index (κ2) is 5.84. The van der Waals surface area contributed by atoms with Crippen molar-refractivity contribution in [3.63, 3.8) is 0 Å². The molecular weight excluding hydrogens is 236 g/mol. The summed E-state index contributed by atoms with van der Waals surface area (Å²) in [4.78, 5) is 34.4. The van der Waals surface area contributed by atoms with Crippen molar-refractivity contribution in [1.29, 1.82) is 0 Å². The van der Waals surface area contributed by atoms with Crippen LogP contribution in [-0.2, 0) is 14.4 Å². The lowest BCUT2D eigenvalue weighted by molar-refractivity contribution is -0.146. The van der Waals surface area contributed by atoms with E-state index >= 15 is 0 Å². The second-order valence-corrected chi connectivity index (χ2v) is 4.97. The third-order valence-corrected chi connectivity index (χ3v) is 3.45. The molecule has 0 spiro atoms.